The molecule has 0 aliphatic rings. The fourth-order valence-corrected chi connectivity index (χ4v) is 2.65. The molecule has 0 saturated heterocycles. The van der Waals surface area contributed by atoms with Crippen molar-refractivity contribution >= 4 is 11.5 Å². The van der Waals surface area contributed by atoms with E-state index >= 15 is 0 Å². The van der Waals surface area contributed by atoms with Gasteiger partial charge in [0.1, 0.15) is 18.0 Å². The van der Waals surface area contributed by atoms with Crippen LogP contribution in [0.15, 0.2) is 60.8 Å². The van der Waals surface area contributed by atoms with E-state index in [2.05, 4.69) is 9.97 Å². The van der Waals surface area contributed by atoms with Gasteiger partial charge >= 0.3 is 12.2 Å². The quantitative estimate of drug-likeness (QED) is 0.530. The molecule has 0 unspecified atom stereocenters. The molecule has 1 aromatic heterocycles. The standard InChI is InChI=1S/C20H17F4N3O/c1-2-27(16-10-6-9-15(21)11-16)18-17(20(22,23)24)12-25-19(26-18)28-13-14-7-4-3-5-8-14/h3-12H,2,13H2,1H3. The zero-order valence-electron chi connectivity index (χ0n) is 14.9. The molecule has 0 aliphatic heterocycles. The van der Waals surface area contributed by atoms with Crippen molar-refractivity contribution in [3.05, 3.63) is 77.7 Å². The maximum atomic E-state index is 13.6. The van der Waals surface area contributed by atoms with Gasteiger partial charge in [-0.3, -0.25) is 0 Å². The van der Waals surface area contributed by atoms with Crippen LogP contribution in [0.2, 0.25) is 0 Å². The average Bonchev–Trinajstić information content (AvgIpc) is 2.67. The van der Waals surface area contributed by atoms with Crippen molar-refractivity contribution in [3.63, 3.8) is 0 Å². The minimum absolute atomic E-state index is 0.109. The summed E-state index contributed by atoms with van der Waals surface area (Å²) in [5.41, 5.74) is 0.0522. The van der Waals surface area contributed by atoms with Crippen molar-refractivity contribution in [2.45, 2.75) is 19.7 Å². The third-order valence-electron chi connectivity index (χ3n) is 3.95. The fraction of sp³-hybridized carbons (Fsp3) is 0.200. The lowest BCUT2D eigenvalue weighted by atomic mass is 10.2. The Labute approximate surface area is 159 Å². The summed E-state index contributed by atoms with van der Waals surface area (Å²) in [5, 5.41) is 0. The summed E-state index contributed by atoms with van der Waals surface area (Å²) in [7, 11) is 0. The molecule has 3 rings (SSSR count). The van der Waals surface area contributed by atoms with Crippen LogP contribution >= 0.6 is 0 Å². The third kappa shape index (κ3) is 4.57. The second-order valence-electron chi connectivity index (χ2n) is 5.89. The molecule has 0 spiro atoms. The van der Waals surface area contributed by atoms with Gasteiger partial charge in [0.25, 0.3) is 0 Å². The molecule has 8 heteroatoms. The summed E-state index contributed by atoms with van der Waals surface area (Å²) in [6.45, 7) is 1.90. The van der Waals surface area contributed by atoms with E-state index in [4.69, 9.17) is 4.74 Å². The van der Waals surface area contributed by atoms with Crippen LogP contribution in [0.25, 0.3) is 0 Å². The first-order chi connectivity index (χ1) is 13.4. The summed E-state index contributed by atoms with van der Waals surface area (Å²) in [6.07, 6.45) is -3.99. The van der Waals surface area contributed by atoms with Crippen LogP contribution in [0.1, 0.15) is 18.1 Å². The molecule has 0 N–H and O–H groups in total. The Kier molecular flexibility index (Phi) is 5.77. The lowest BCUT2D eigenvalue weighted by Gasteiger charge is -2.25. The largest absolute Gasteiger partial charge is 0.459 e. The molecule has 0 fully saturated rings. The highest BCUT2D eigenvalue weighted by Gasteiger charge is 2.37. The highest BCUT2D eigenvalue weighted by Crippen LogP contribution is 2.38. The van der Waals surface area contributed by atoms with Crippen LogP contribution in [-0.4, -0.2) is 16.5 Å². The smallest absolute Gasteiger partial charge is 0.421 e. The van der Waals surface area contributed by atoms with E-state index in [1.165, 1.54) is 23.1 Å². The van der Waals surface area contributed by atoms with E-state index < -0.39 is 23.4 Å². The number of aromatic nitrogens is 2. The summed E-state index contributed by atoms with van der Waals surface area (Å²) in [5.74, 6) is -0.947. The molecule has 3 aromatic rings. The molecular weight excluding hydrogens is 374 g/mol. The highest BCUT2D eigenvalue weighted by atomic mass is 19.4. The maximum Gasteiger partial charge on any atom is 0.421 e. The van der Waals surface area contributed by atoms with Gasteiger partial charge in [-0.25, -0.2) is 9.37 Å². The Morgan fingerprint density at radius 2 is 1.79 bits per heavy atom. The van der Waals surface area contributed by atoms with Crippen molar-refractivity contribution in [1.29, 1.82) is 0 Å². The van der Waals surface area contributed by atoms with Gasteiger partial charge in [-0.05, 0) is 30.7 Å². The number of alkyl halides is 3. The number of anilines is 2. The molecule has 146 valence electrons. The van der Waals surface area contributed by atoms with Gasteiger partial charge in [0, 0.05) is 18.4 Å². The Bertz CT molecular complexity index is 932. The third-order valence-corrected chi connectivity index (χ3v) is 3.95. The molecule has 0 amide bonds. The van der Waals surface area contributed by atoms with Crippen molar-refractivity contribution < 1.29 is 22.3 Å². The normalized spacial score (nSPS) is 11.3. The molecule has 0 aliphatic carbocycles. The summed E-state index contributed by atoms with van der Waals surface area (Å²) >= 11 is 0. The number of benzene rings is 2. The van der Waals surface area contributed by atoms with Crippen LogP contribution in [0.4, 0.5) is 29.1 Å². The maximum absolute atomic E-state index is 13.6. The average molecular weight is 391 g/mol. The minimum Gasteiger partial charge on any atom is -0.459 e. The highest BCUT2D eigenvalue weighted by molar-refractivity contribution is 5.63. The van der Waals surface area contributed by atoms with E-state index in [-0.39, 0.29) is 24.8 Å². The Balaban J connectivity index is 1.98. The number of nitrogens with zero attached hydrogens (tertiary/aromatic N) is 3. The number of halogens is 4. The monoisotopic (exact) mass is 391 g/mol. The molecule has 28 heavy (non-hydrogen) atoms. The number of hydrogen-bond acceptors (Lipinski definition) is 4. The van der Waals surface area contributed by atoms with Crippen LogP contribution in [0.5, 0.6) is 6.01 Å². The fourth-order valence-electron chi connectivity index (χ4n) is 2.65. The van der Waals surface area contributed by atoms with Crippen LogP contribution in [-0.2, 0) is 12.8 Å². The first-order valence-corrected chi connectivity index (χ1v) is 8.52. The molecule has 0 bridgehead atoms. The van der Waals surface area contributed by atoms with E-state index in [9.17, 15) is 17.6 Å². The van der Waals surface area contributed by atoms with Crippen LogP contribution < -0.4 is 9.64 Å². The van der Waals surface area contributed by atoms with Gasteiger partial charge in [0.05, 0.1) is 0 Å². The molecule has 1 heterocycles. The molecule has 0 atom stereocenters. The van der Waals surface area contributed by atoms with E-state index in [1.807, 2.05) is 30.3 Å². The summed E-state index contributed by atoms with van der Waals surface area (Å²) in [6, 6.07) is 14.2. The molecule has 4 nitrogen and oxygen atoms in total. The van der Waals surface area contributed by atoms with Gasteiger partial charge < -0.3 is 9.64 Å². The van der Waals surface area contributed by atoms with Crippen molar-refractivity contribution in [1.82, 2.24) is 9.97 Å². The van der Waals surface area contributed by atoms with E-state index in [1.54, 1.807) is 6.92 Å². The number of hydrogen-bond donors (Lipinski definition) is 0. The Morgan fingerprint density at radius 3 is 2.43 bits per heavy atom. The Hall–Kier alpha value is -3.16. The second kappa shape index (κ2) is 8.24. The Morgan fingerprint density at radius 1 is 1.04 bits per heavy atom. The predicted molar refractivity (Wildman–Crippen MR) is 96.9 cm³/mol. The van der Waals surface area contributed by atoms with Gasteiger partial charge in [0.2, 0.25) is 0 Å². The minimum atomic E-state index is -4.67. The van der Waals surface area contributed by atoms with Gasteiger partial charge in [-0.2, -0.15) is 18.2 Å². The van der Waals surface area contributed by atoms with Crippen molar-refractivity contribution in [2.75, 3.05) is 11.4 Å². The zero-order valence-corrected chi connectivity index (χ0v) is 14.9. The zero-order chi connectivity index (χ0) is 20.1. The summed E-state index contributed by atoms with van der Waals surface area (Å²) in [4.78, 5) is 8.94. The number of ether oxygens (including phenoxy) is 1. The first-order valence-electron chi connectivity index (χ1n) is 8.52. The van der Waals surface area contributed by atoms with Gasteiger partial charge in [0.15, 0.2) is 5.82 Å². The van der Waals surface area contributed by atoms with Crippen molar-refractivity contribution in [3.8, 4) is 6.01 Å². The van der Waals surface area contributed by atoms with Crippen LogP contribution in [0, 0.1) is 5.82 Å². The van der Waals surface area contributed by atoms with Crippen LogP contribution in [0.3, 0.4) is 0 Å². The molecular formula is C20H17F4N3O. The van der Waals surface area contributed by atoms with E-state index in [0.29, 0.717) is 6.20 Å². The topological polar surface area (TPSA) is 38.2 Å². The predicted octanol–water partition coefficient (Wildman–Crippen LogP) is 5.37. The first kappa shape index (κ1) is 19.6. The SMILES string of the molecule is CCN(c1cccc(F)c1)c1nc(OCc2ccccc2)ncc1C(F)(F)F. The lowest BCUT2D eigenvalue weighted by Crippen LogP contribution is -2.23. The van der Waals surface area contributed by atoms with Gasteiger partial charge in [-0.1, -0.05) is 36.4 Å². The molecule has 2 aromatic carbocycles. The second-order valence-corrected chi connectivity index (χ2v) is 5.89. The van der Waals surface area contributed by atoms with Gasteiger partial charge in [-0.15, -0.1) is 0 Å². The molecule has 0 saturated carbocycles. The molecule has 0 radical (unpaired) electrons. The van der Waals surface area contributed by atoms with E-state index in [0.717, 1.165) is 11.6 Å². The lowest BCUT2D eigenvalue weighted by molar-refractivity contribution is -0.137. The number of rotatable bonds is 6. The van der Waals surface area contributed by atoms with Crippen molar-refractivity contribution in [2.24, 2.45) is 0 Å². The summed E-state index contributed by atoms with van der Waals surface area (Å²) < 4.78 is 59.6.